The number of methoxy groups -OCH3 is 5. The van der Waals surface area contributed by atoms with E-state index in [4.69, 9.17) is 23.7 Å². The molecule has 1 N–H and O–H groups in total. The predicted octanol–water partition coefficient (Wildman–Crippen LogP) is 3.70. The molecule has 2 unspecified atom stereocenters. The van der Waals surface area contributed by atoms with Crippen molar-refractivity contribution in [2.24, 2.45) is 0 Å². The van der Waals surface area contributed by atoms with Crippen LogP contribution in [0.25, 0.3) is 0 Å². The number of thioether (sulfide) groups is 1. The molecule has 11 heteroatoms. The Labute approximate surface area is 231 Å². The number of carbonyl (C=O) groups is 2. The minimum absolute atomic E-state index is 0.244. The number of aromatic nitrogens is 1. The number of hydrogen-bond acceptors (Lipinski definition) is 9. The first kappa shape index (κ1) is 27.9. The molecule has 1 saturated heterocycles. The third-order valence-corrected chi connectivity index (χ3v) is 7.64. The monoisotopic (exact) mass is 553 g/mol. The predicted molar refractivity (Wildman–Crippen MR) is 147 cm³/mol. The average Bonchev–Trinajstić information content (AvgIpc) is 3.44. The number of pyridine rings is 1. The van der Waals surface area contributed by atoms with Crippen molar-refractivity contribution in [3.63, 3.8) is 0 Å². The summed E-state index contributed by atoms with van der Waals surface area (Å²) >= 11 is 1.49. The van der Waals surface area contributed by atoms with Gasteiger partial charge in [0, 0.05) is 17.5 Å². The Morgan fingerprint density at radius 1 is 0.897 bits per heavy atom. The smallest absolute Gasteiger partial charge is 0.256 e. The Morgan fingerprint density at radius 2 is 1.59 bits per heavy atom. The minimum Gasteiger partial charge on any atom is -0.493 e. The molecular weight excluding hydrogens is 522 g/mol. The van der Waals surface area contributed by atoms with Crippen molar-refractivity contribution in [2.75, 3.05) is 41.3 Å². The molecule has 2 atom stereocenters. The van der Waals surface area contributed by atoms with Gasteiger partial charge in [0.25, 0.3) is 5.91 Å². The maximum Gasteiger partial charge on any atom is 0.256 e. The van der Waals surface area contributed by atoms with Gasteiger partial charge in [-0.15, -0.1) is 11.8 Å². The van der Waals surface area contributed by atoms with Gasteiger partial charge < -0.3 is 33.9 Å². The molecule has 4 rings (SSSR count). The summed E-state index contributed by atoms with van der Waals surface area (Å²) < 4.78 is 27.2. The second-order valence-corrected chi connectivity index (χ2v) is 9.59. The lowest BCUT2D eigenvalue weighted by Crippen LogP contribution is -2.47. The van der Waals surface area contributed by atoms with Crippen LogP contribution in [0, 0.1) is 0 Å². The third kappa shape index (κ3) is 5.83. The third-order valence-electron chi connectivity index (χ3n) is 6.31. The van der Waals surface area contributed by atoms with Crippen LogP contribution in [-0.4, -0.2) is 69.0 Å². The van der Waals surface area contributed by atoms with Gasteiger partial charge in [-0.25, -0.2) is 0 Å². The summed E-state index contributed by atoms with van der Waals surface area (Å²) in [6, 6.07) is 13.4. The highest BCUT2D eigenvalue weighted by Gasteiger charge is 2.43. The van der Waals surface area contributed by atoms with Crippen molar-refractivity contribution < 1.29 is 33.3 Å². The van der Waals surface area contributed by atoms with Crippen molar-refractivity contribution in [1.29, 1.82) is 0 Å². The van der Waals surface area contributed by atoms with Crippen LogP contribution < -0.4 is 29.0 Å². The Balaban J connectivity index is 1.72. The van der Waals surface area contributed by atoms with E-state index in [-0.39, 0.29) is 18.4 Å². The van der Waals surface area contributed by atoms with Gasteiger partial charge in [-0.2, -0.15) is 0 Å². The van der Waals surface area contributed by atoms with Crippen molar-refractivity contribution in [1.82, 2.24) is 15.2 Å². The Hall–Kier alpha value is -4.12. The molecule has 206 valence electrons. The Kier molecular flexibility index (Phi) is 9.03. The van der Waals surface area contributed by atoms with Crippen molar-refractivity contribution in [2.45, 2.75) is 18.0 Å². The van der Waals surface area contributed by atoms with Gasteiger partial charge >= 0.3 is 0 Å². The van der Waals surface area contributed by atoms with Gasteiger partial charge in [-0.05, 0) is 42.0 Å². The SMILES string of the molecule is COc1ccc(C2SCC(C(=O)NCc3ccccn3)N2C(=O)c2cc(OC)c(OC)c(OC)c2)cc1OC. The summed E-state index contributed by atoms with van der Waals surface area (Å²) in [7, 11) is 7.57. The van der Waals surface area contributed by atoms with Gasteiger partial charge in [0.05, 0.1) is 47.8 Å². The van der Waals surface area contributed by atoms with Gasteiger partial charge in [-0.1, -0.05) is 12.1 Å². The fourth-order valence-electron chi connectivity index (χ4n) is 4.37. The molecule has 0 aliphatic carbocycles. The van der Waals surface area contributed by atoms with E-state index in [0.717, 1.165) is 11.3 Å². The zero-order valence-corrected chi connectivity index (χ0v) is 23.2. The maximum absolute atomic E-state index is 14.1. The summed E-state index contributed by atoms with van der Waals surface area (Å²) in [5.41, 5.74) is 1.80. The number of nitrogens with zero attached hydrogens (tertiary/aromatic N) is 2. The standard InChI is InChI=1S/C28H31N3O7S/c1-34-21-10-9-17(12-22(21)35-2)28-31(20(16-39-28)26(32)30-15-19-8-6-7-11-29-19)27(33)18-13-23(36-3)25(38-5)24(14-18)37-4/h6-14,20,28H,15-16H2,1-5H3,(H,30,32). The fraction of sp³-hybridized carbons (Fsp3) is 0.321. The highest BCUT2D eigenvalue weighted by Crippen LogP contribution is 2.46. The van der Waals surface area contributed by atoms with Crippen LogP contribution in [0.15, 0.2) is 54.7 Å². The number of ether oxygens (including phenoxy) is 5. The summed E-state index contributed by atoms with van der Waals surface area (Å²) in [5.74, 6) is 1.89. The number of amides is 2. The van der Waals surface area contributed by atoms with Gasteiger partial charge in [0.2, 0.25) is 11.7 Å². The number of rotatable bonds is 10. The topological polar surface area (TPSA) is 108 Å². The van der Waals surface area contributed by atoms with Crippen molar-refractivity contribution in [3.05, 3.63) is 71.5 Å². The second kappa shape index (κ2) is 12.6. The zero-order valence-electron chi connectivity index (χ0n) is 22.4. The minimum atomic E-state index is -0.747. The highest BCUT2D eigenvalue weighted by molar-refractivity contribution is 7.99. The zero-order chi connectivity index (χ0) is 27.9. The first-order valence-electron chi connectivity index (χ1n) is 12.1. The Morgan fingerprint density at radius 3 is 2.18 bits per heavy atom. The number of carbonyl (C=O) groups excluding carboxylic acids is 2. The summed E-state index contributed by atoms with van der Waals surface area (Å²) in [6.07, 6.45) is 1.67. The number of hydrogen-bond donors (Lipinski definition) is 1. The lowest BCUT2D eigenvalue weighted by molar-refractivity contribution is -0.125. The van der Waals surface area contributed by atoms with E-state index >= 15 is 0 Å². The van der Waals surface area contributed by atoms with E-state index in [9.17, 15) is 9.59 Å². The molecule has 10 nitrogen and oxygen atoms in total. The summed E-state index contributed by atoms with van der Waals surface area (Å²) in [4.78, 5) is 33.4. The van der Waals surface area contributed by atoms with Crippen molar-refractivity contribution >= 4 is 23.6 Å². The molecule has 0 bridgehead atoms. The largest absolute Gasteiger partial charge is 0.493 e. The van der Waals surface area contributed by atoms with Crippen LogP contribution in [0.3, 0.4) is 0 Å². The molecule has 39 heavy (non-hydrogen) atoms. The first-order chi connectivity index (χ1) is 18.9. The molecule has 0 spiro atoms. The quantitative estimate of drug-likeness (QED) is 0.402. The molecule has 1 aliphatic heterocycles. The van der Waals surface area contributed by atoms with Gasteiger partial charge in [0.1, 0.15) is 11.4 Å². The van der Waals surface area contributed by atoms with Gasteiger partial charge in [-0.3, -0.25) is 14.6 Å². The van der Waals surface area contributed by atoms with Crippen molar-refractivity contribution in [3.8, 4) is 28.7 Å². The number of nitrogens with one attached hydrogen (secondary N) is 1. The molecule has 2 heterocycles. The Bertz CT molecular complexity index is 1300. The lowest BCUT2D eigenvalue weighted by atomic mass is 10.1. The molecule has 0 radical (unpaired) electrons. The van der Waals surface area contributed by atoms with E-state index in [1.165, 1.54) is 33.1 Å². The van der Waals surface area contributed by atoms with E-state index in [0.29, 0.717) is 40.1 Å². The molecule has 0 saturated carbocycles. The lowest BCUT2D eigenvalue weighted by Gasteiger charge is -2.30. The summed E-state index contributed by atoms with van der Waals surface area (Å²) in [5, 5.41) is 2.46. The molecular formula is C28H31N3O7S. The van der Waals surface area contributed by atoms with Crippen LogP contribution in [0.4, 0.5) is 0 Å². The van der Waals surface area contributed by atoms with E-state index < -0.39 is 11.4 Å². The molecule has 2 aromatic carbocycles. The average molecular weight is 554 g/mol. The van der Waals surface area contributed by atoms with Crippen LogP contribution in [0.5, 0.6) is 28.7 Å². The van der Waals surface area contributed by atoms with E-state index in [1.54, 1.807) is 43.5 Å². The van der Waals surface area contributed by atoms with Crippen LogP contribution >= 0.6 is 11.8 Å². The van der Waals surface area contributed by atoms with E-state index in [1.807, 2.05) is 30.3 Å². The molecule has 3 aromatic rings. The van der Waals surface area contributed by atoms with Crippen LogP contribution in [0.1, 0.15) is 27.0 Å². The molecule has 1 fully saturated rings. The normalized spacial score (nSPS) is 16.4. The molecule has 1 aromatic heterocycles. The maximum atomic E-state index is 14.1. The molecule has 2 amide bonds. The first-order valence-corrected chi connectivity index (χ1v) is 13.1. The fourth-order valence-corrected chi connectivity index (χ4v) is 5.79. The van der Waals surface area contributed by atoms with Gasteiger partial charge in [0.15, 0.2) is 23.0 Å². The molecule has 1 aliphatic rings. The second-order valence-electron chi connectivity index (χ2n) is 8.48. The van der Waals surface area contributed by atoms with E-state index in [2.05, 4.69) is 10.3 Å². The van der Waals surface area contributed by atoms with Crippen LogP contribution in [-0.2, 0) is 11.3 Å². The summed E-state index contributed by atoms with van der Waals surface area (Å²) in [6.45, 7) is 0.244. The highest BCUT2D eigenvalue weighted by atomic mass is 32.2. The van der Waals surface area contributed by atoms with Crippen LogP contribution in [0.2, 0.25) is 0 Å². The number of benzene rings is 2.